The van der Waals surface area contributed by atoms with E-state index >= 15 is 0 Å². The van der Waals surface area contributed by atoms with Crippen LogP contribution in [0, 0.1) is 0 Å². The standard InChI is InChI=1S/C14H20N2OS/c1-4-11-9-12(16(5-2)15-11)10-14(3,17)13-7-6-8-18-13/h6-9,17H,4-5,10H2,1-3H3. The van der Waals surface area contributed by atoms with Crippen molar-refractivity contribution in [1.82, 2.24) is 9.78 Å². The molecule has 0 bridgehead atoms. The summed E-state index contributed by atoms with van der Waals surface area (Å²) in [6, 6.07) is 6.06. The zero-order valence-electron chi connectivity index (χ0n) is 11.2. The van der Waals surface area contributed by atoms with E-state index in [9.17, 15) is 5.11 Å². The highest BCUT2D eigenvalue weighted by atomic mass is 32.1. The highest BCUT2D eigenvalue weighted by Gasteiger charge is 2.26. The number of aromatic nitrogens is 2. The van der Waals surface area contributed by atoms with Gasteiger partial charge in [0.2, 0.25) is 0 Å². The molecule has 0 aromatic carbocycles. The van der Waals surface area contributed by atoms with Gasteiger partial charge in [-0.2, -0.15) is 5.10 Å². The third kappa shape index (κ3) is 2.65. The Kier molecular flexibility index (Phi) is 3.88. The summed E-state index contributed by atoms with van der Waals surface area (Å²) in [6.45, 7) is 6.90. The first-order valence-electron chi connectivity index (χ1n) is 6.38. The number of nitrogens with zero attached hydrogens (tertiary/aromatic N) is 2. The number of aliphatic hydroxyl groups is 1. The van der Waals surface area contributed by atoms with Crippen LogP contribution in [0.5, 0.6) is 0 Å². The van der Waals surface area contributed by atoms with E-state index < -0.39 is 5.60 Å². The molecule has 18 heavy (non-hydrogen) atoms. The molecule has 98 valence electrons. The summed E-state index contributed by atoms with van der Waals surface area (Å²) in [7, 11) is 0. The molecule has 0 saturated heterocycles. The highest BCUT2D eigenvalue weighted by Crippen LogP contribution is 2.29. The summed E-state index contributed by atoms with van der Waals surface area (Å²) in [5, 5.41) is 17.1. The Morgan fingerprint density at radius 1 is 1.44 bits per heavy atom. The van der Waals surface area contributed by atoms with Crippen molar-refractivity contribution in [3.8, 4) is 0 Å². The number of thiophene rings is 1. The highest BCUT2D eigenvalue weighted by molar-refractivity contribution is 7.10. The van der Waals surface area contributed by atoms with Crippen LogP contribution in [0.15, 0.2) is 23.6 Å². The Hall–Kier alpha value is -1.13. The van der Waals surface area contributed by atoms with Crippen molar-refractivity contribution in [3.05, 3.63) is 39.8 Å². The smallest absolute Gasteiger partial charge is 0.101 e. The molecule has 0 aliphatic heterocycles. The largest absolute Gasteiger partial charge is 0.384 e. The first-order valence-corrected chi connectivity index (χ1v) is 7.26. The van der Waals surface area contributed by atoms with Gasteiger partial charge in [0.05, 0.1) is 5.69 Å². The van der Waals surface area contributed by atoms with Gasteiger partial charge < -0.3 is 5.11 Å². The molecule has 0 saturated carbocycles. The minimum Gasteiger partial charge on any atom is -0.384 e. The molecule has 2 rings (SSSR count). The predicted octanol–water partition coefficient (Wildman–Crippen LogP) is 2.98. The van der Waals surface area contributed by atoms with Crippen LogP contribution < -0.4 is 0 Å². The fourth-order valence-corrected chi connectivity index (χ4v) is 2.92. The molecule has 3 nitrogen and oxygen atoms in total. The molecule has 1 unspecified atom stereocenters. The maximum atomic E-state index is 10.6. The molecule has 2 heterocycles. The molecule has 0 spiro atoms. The minimum atomic E-state index is -0.813. The van der Waals surface area contributed by atoms with E-state index in [-0.39, 0.29) is 0 Å². The van der Waals surface area contributed by atoms with Gasteiger partial charge in [-0.1, -0.05) is 13.0 Å². The third-order valence-electron chi connectivity index (χ3n) is 3.15. The van der Waals surface area contributed by atoms with Crippen molar-refractivity contribution in [2.24, 2.45) is 0 Å². The van der Waals surface area contributed by atoms with Gasteiger partial charge in [0, 0.05) is 23.5 Å². The lowest BCUT2D eigenvalue weighted by atomic mass is 9.98. The summed E-state index contributed by atoms with van der Waals surface area (Å²) in [6.07, 6.45) is 1.54. The molecule has 0 amide bonds. The lowest BCUT2D eigenvalue weighted by Gasteiger charge is -2.22. The maximum Gasteiger partial charge on any atom is 0.101 e. The Morgan fingerprint density at radius 3 is 2.78 bits per heavy atom. The Labute approximate surface area is 112 Å². The molecule has 0 aliphatic carbocycles. The van der Waals surface area contributed by atoms with E-state index in [4.69, 9.17) is 0 Å². The van der Waals surface area contributed by atoms with Crippen molar-refractivity contribution in [3.63, 3.8) is 0 Å². The lowest BCUT2D eigenvalue weighted by molar-refractivity contribution is 0.0592. The van der Waals surface area contributed by atoms with E-state index in [1.54, 1.807) is 11.3 Å². The molecule has 0 aliphatic rings. The molecular weight excluding hydrogens is 244 g/mol. The molecule has 2 aromatic heterocycles. The average molecular weight is 264 g/mol. The summed E-state index contributed by atoms with van der Waals surface area (Å²) < 4.78 is 1.99. The summed E-state index contributed by atoms with van der Waals surface area (Å²) >= 11 is 1.60. The monoisotopic (exact) mass is 264 g/mol. The number of hydrogen-bond acceptors (Lipinski definition) is 3. The van der Waals surface area contributed by atoms with E-state index in [1.807, 2.05) is 29.1 Å². The van der Waals surface area contributed by atoms with Gasteiger partial charge >= 0.3 is 0 Å². The number of aryl methyl sites for hydroxylation is 2. The van der Waals surface area contributed by atoms with Gasteiger partial charge in [-0.3, -0.25) is 4.68 Å². The average Bonchev–Trinajstić information content (AvgIpc) is 2.97. The Balaban J connectivity index is 2.25. The van der Waals surface area contributed by atoms with Gasteiger partial charge in [-0.25, -0.2) is 0 Å². The van der Waals surface area contributed by atoms with E-state index in [0.717, 1.165) is 29.2 Å². The fraction of sp³-hybridized carbons (Fsp3) is 0.500. The molecule has 1 atom stereocenters. The second-order valence-corrected chi connectivity index (χ2v) is 5.67. The molecule has 0 radical (unpaired) electrons. The summed E-state index contributed by atoms with van der Waals surface area (Å²) in [4.78, 5) is 1.00. The summed E-state index contributed by atoms with van der Waals surface area (Å²) in [5.74, 6) is 0. The van der Waals surface area contributed by atoms with Crippen LogP contribution in [-0.4, -0.2) is 14.9 Å². The van der Waals surface area contributed by atoms with Crippen LogP contribution in [0.1, 0.15) is 37.0 Å². The van der Waals surface area contributed by atoms with Crippen molar-refractivity contribution in [2.75, 3.05) is 0 Å². The zero-order chi connectivity index (χ0) is 13.2. The third-order valence-corrected chi connectivity index (χ3v) is 4.28. The van der Waals surface area contributed by atoms with E-state index in [2.05, 4.69) is 25.0 Å². The normalized spacial score (nSPS) is 14.7. The first-order chi connectivity index (χ1) is 8.56. The van der Waals surface area contributed by atoms with E-state index in [0.29, 0.717) is 6.42 Å². The molecule has 1 N–H and O–H groups in total. The first kappa shape index (κ1) is 13.3. The van der Waals surface area contributed by atoms with Crippen LogP contribution in [0.4, 0.5) is 0 Å². The van der Waals surface area contributed by atoms with Crippen LogP contribution >= 0.6 is 11.3 Å². The van der Waals surface area contributed by atoms with Crippen molar-refractivity contribution in [2.45, 2.75) is 45.8 Å². The lowest BCUT2D eigenvalue weighted by Crippen LogP contribution is -2.24. The fourth-order valence-electron chi connectivity index (χ4n) is 2.13. The quantitative estimate of drug-likeness (QED) is 0.901. The minimum absolute atomic E-state index is 0.606. The van der Waals surface area contributed by atoms with Gasteiger partial charge in [0.15, 0.2) is 0 Å². The van der Waals surface area contributed by atoms with Crippen molar-refractivity contribution >= 4 is 11.3 Å². The van der Waals surface area contributed by atoms with Gasteiger partial charge in [0.25, 0.3) is 0 Å². The van der Waals surface area contributed by atoms with Crippen LogP contribution in [0.2, 0.25) is 0 Å². The van der Waals surface area contributed by atoms with Gasteiger partial charge in [-0.15, -0.1) is 11.3 Å². The summed E-state index contributed by atoms with van der Waals surface area (Å²) in [5.41, 5.74) is 1.38. The molecule has 2 aromatic rings. The van der Waals surface area contributed by atoms with Crippen LogP contribution in [0.3, 0.4) is 0 Å². The Morgan fingerprint density at radius 2 is 2.22 bits per heavy atom. The molecular formula is C14H20N2OS. The second-order valence-electron chi connectivity index (χ2n) is 4.72. The van der Waals surface area contributed by atoms with Crippen molar-refractivity contribution < 1.29 is 5.11 Å². The topological polar surface area (TPSA) is 38.0 Å². The van der Waals surface area contributed by atoms with Crippen LogP contribution in [0.25, 0.3) is 0 Å². The molecule has 4 heteroatoms. The van der Waals surface area contributed by atoms with Crippen molar-refractivity contribution in [1.29, 1.82) is 0 Å². The SMILES string of the molecule is CCc1cc(CC(C)(O)c2cccs2)n(CC)n1. The Bertz CT molecular complexity index is 500. The maximum absolute atomic E-state index is 10.6. The number of rotatable bonds is 5. The second kappa shape index (κ2) is 5.24. The number of hydrogen-bond donors (Lipinski definition) is 1. The predicted molar refractivity (Wildman–Crippen MR) is 74.9 cm³/mol. The van der Waals surface area contributed by atoms with Crippen LogP contribution in [-0.2, 0) is 25.0 Å². The zero-order valence-corrected chi connectivity index (χ0v) is 12.0. The van der Waals surface area contributed by atoms with Gasteiger partial charge in [-0.05, 0) is 37.8 Å². The molecule has 0 fully saturated rings. The van der Waals surface area contributed by atoms with E-state index in [1.165, 1.54) is 0 Å². The van der Waals surface area contributed by atoms with Gasteiger partial charge in [0.1, 0.15) is 5.60 Å².